The molecule has 23 heavy (non-hydrogen) atoms. The fourth-order valence-corrected chi connectivity index (χ4v) is 3.18. The first-order valence-corrected chi connectivity index (χ1v) is 8.33. The molecule has 2 aromatic heterocycles. The Labute approximate surface area is 140 Å². The molecule has 2 heterocycles. The van der Waals surface area contributed by atoms with Crippen molar-refractivity contribution in [3.8, 4) is 5.75 Å². The Morgan fingerprint density at radius 1 is 1.26 bits per heavy atom. The van der Waals surface area contributed by atoms with E-state index in [1.54, 1.807) is 24.6 Å². The molecule has 1 aromatic carbocycles. The molecule has 0 fully saturated rings. The molecule has 9 heteroatoms. The number of benzene rings is 1. The van der Waals surface area contributed by atoms with E-state index in [0.717, 1.165) is 5.56 Å². The zero-order valence-electron chi connectivity index (χ0n) is 12.3. The molecule has 0 unspecified atom stereocenters. The van der Waals surface area contributed by atoms with E-state index in [9.17, 15) is 9.90 Å². The first-order chi connectivity index (χ1) is 11.0. The number of aromatic hydroxyl groups is 1. The average Bonchev–Trinajstić information content (AvgIpc) is 3.20. The van der Waals surface area contributed by atoms with E-state index in [1.165, 1.54) is 28.9 Å². The lowest BCUT2D eigenvalue weighted by molar-refractivity contribution is 0.103. The molecule has 0 atom stereocenters. The van der Waals surface area contributed by atoms with Crippen LogP contribution in [0.1, 0.15) is 20.8 Å². The minimum atomic E-state index is -0.274. The van der Waals surface area contributed by atoms with E-state index in [2.05, 4.69) is 25.8 Å². The predicted octanol–water partition coefficient (Wildman–Crippen LogP) is 3.31. The maximum atomic E-state index is 12.4. The predicted molar refractivity (Wildman–Crippen MR) is 90.8 cm³/mol. The number of amides is 1. The summed E-state index contributed by atoms with van der Waals surface area (Å²) in [6, 6.07) is 3.37. The third-order valence-corrected chi connectivity index (χ3v) is 4.70. The molecule has 0 bridgehead atoms. The van der Waals surface area contributed by atoms with E-state index in [1.807, 2.05) is 6.92 Å². The number of anilines is 3. The van der Waals surface area contributed by atoms with Crippen molar-refractivity contribution in [2.24, 2.45) is 0 Å². The second kappa shape index (κ2) is 6.31. The fraction of sp³-hybridized carbons (Fsp3) is 0.143. The second-order valence-corrected chi connectivity index (χ2v) is 6.62. The van der Waals surface area contributed by atoms with Gasteiger partial charge in [-0.3, -0.25) is 4.79 Å². The van der Waals surface area contributed by atoms with Crippen LogP contribution in [0.3, 0.4) is 0 Å². The first kappa shape index (κ1) is 15.4. The number of aromatic nitrogens is 3. The average molecular weight is 347 g/mol. The molecule has 0 spiro atoms. The van der Waals surface area contributed by atoms with Crippen molar-refractivity contribution in [1.29, 1.82) is 0 Å². The molecular formula is C14H13N5O2S2. The van der Waals surface area contributed by atoms with Gasteiger partial charge in [0.2, 0.25) is 5.13 Å². The Balaban J connectivity index is 1.77. The van der Waals surface area contributed by atoms with E-state index in [0.29, 0.717) is 26.4 Å². The van der Waals surface area contributed by atoms with Gasteiger partial charge in [-0.15, -0.1) is 10.2 Å². The normalized spacial score (nSPS) is 10.5. The van der Waals surface area contributed by atoms with Gasteiger partial charge in [0, 0.05) is 5.56 Å². The highest BCUT2D eigenvalue weighted by atomic mass is 32.1. The minimum absolute atomic E-state index is 0.147. The summed E-state index contributed by atoms with van der Waals surface area (Å²) in [7, 11) is 0. The van der Waals surface area contributed by atoms with Crippen molar-refractivity contribution in [2.45, 2.75) is 13.8 Å². The zero-order valence-corrected chi connectivity index (χ0v) is 14.0. The number of hydrogen-bond acceptors (Lipinski definition) is 8. The van der Waals surface area contributed by atoms with Crippen LogP contribution < -0.4 is 10.6 Å². The highest BCUT2D eigenvalue weighted by molar-refractivity contribution is 7.18. The number of nitrogens with zero attached hydrogens (tertiary/aromatic N) is 3. The van der Waals surface area contributed by atoms with E-state index < -0.39 is 0 Å². The molecule has 0 radical (unpaired) electrons. The van der Waals surface area contributed by atoms with E-state index in [4.69, 9.17) is 0 Å². The van der Waals surface area contributed by atoms with Gasteiger partial charge in [0.25, 0.3) is 5.91 Å². The van der Waals surface area contributed by atoms with Crippen LogP contribution in [-0.4, -0.2) is 26.2 Å². The first-order valence-electron chi connectivity index (χ1n) is 6.64. The Morgan fingerprint density at radius 2 is 2.09 bits per heavy atom. The monoisotopic (exact) mass is 347 g/mol. The maximum Gasteiger partial charge on any atom is 0.267 e. The Morgan fingerprint density at radius 3 is 2.83 bits per heavy atom. The smallest absolute Gasteiger partial charge is 0.267 e. The Kier molecular flexibility index (Phi) is 4.22. The van der Waals surface area contributed by atoms with Crippen LogP contribution >= 0.6 is 22.7 Å². The van der Waals surface area contributed by atoms with Crippen LogP contribution in [0.2, 0.25) is 0 Å². The Hall–Kier alpha value is -2.52. The molecule has 0 aliphatic carbocycles. The van der Waals surface area contributed by atoms with E-state index in [-0.39, 0.29) is 11.7 Å². The number of thiazole rings is 1. The van der Waals surface area contributed by atoms with Crippen LogP contribution in [-0.2, 0) is 0 Å². The zero-order chi connectivity index (χ0) is 16.4. The minimum Gasteiger partial charge on any atom is -0.508 e. The number of hydrogen-bond donors (Lipinski definition) is 3. The third kappa shape index (κ3) is 3.30. The van der Waals surface area contributed by atoms with Crippen LogP contribution in [0.15, 0.2) is 23.8 Å². The summed E-state index contributed by atoms with van der Waals surface area (Å²) >= 11 is 2.57. The standard InChI is InChI=1S/C14H13N5O2S2/c1-7-3-4-9(20)8(2)11(7)17-12(21)10-5-15-13(23-10)18-14-19-16-6-22-14/h3-6,20H,1-2H3,(H,17,21)(H,15,18,19). The molecule has 0 saturated carbocycles. The highest BCUT2D eigenvalue weighted by Crippen LogP contribution is 2.29. The summed E-state index contributed by atoms with van der Waals surface area (Å²) in [5.74, 6) is -0.126. The van der Waals surface area contributed by atoms with E-state index >= 15 is 0 Å². The number of aryl methyl sites for hydroxylation is 1. The molecular weight excluding hydrogens is 334 g/mol. The number of phenols is 1. The topological polar surface area (TPSA) is 100 Å². The van der Waals surface area contributed by atoms with Gasteiger partial charge in [0.05, 0.1) is 11.9 Å². The largest absolute Gasteiger partial charge is 0.508 e. The molecule has 7 nitrogen and oxygen atoms in total. The van der Waals surface area contributed by atoms with Crippen molar-refractivity contribution < 1.29 is 9.90 Å². The number of nitrogens with one attached hydrogen (secondary N) is 2. The maximum absolute atomic E-state index is 12.4. The molecule has 3 rings (SSSR count). The lowest BCUT2D eigenvalue weighted by atomic mass is 10.1. The lowest BCUT2D eigenvalue weighted by Gasteiger charge is -2.11. The number of carbonyl (C=O) groups is 1. The summed E-state index contributed by atoms with van der Waals surface area (Å²) in [6.07, 6.45) is 1.50. The van der Waals surface area contributed by atoms with Gasteiger partial charge in [-0.2, -0.15) is 0 Å². The van der Waals surface area contributed by atoms with Crippen LogP contribution in [0.5, 0.6) is 5.75 Å². The lowest BCUT2D eigenvalue weighted by Crippen LogP contribution is -2.12. The molecule has 3 aromatic rings. The second-order valence-electron chi connectivity index (χ2n) is 4.75. The number of carbonyl (C=O) groups excluding carboxylic acids is 1. The quantitative estimate of drug-likeness (QED) is 0.669. The highest BCUT2D eigenvalue weighted by Gasteiger charge is 2.15. The summed E-state index contributed by atoms with van der Waals surface area (Å²) in [5.41, 5.74) is 3.74. The van der Waals surface area contributed by atoms with Gasteiger partial charge in [0.15, 0.2) is 5.13 Å². The van der Waals surface area contributed by atoms with Gasteiger partial charge in [-0.25, -0.2) is 4.98 Å². The van der Waals surface area contributed by atoms with Gasteiger partial charge < -0.3 is 15.7 Å². The van der Waals surface area contributed by atoms with Gasteiger partial charge in [-0.1, -0.05) is 28.7 Å². The van der Waals surface area contributed by atoms with Crippen LogP contribution in [0.4, 0.5) is 16.0 Å². The van der Waals surface area contributed by atoms with Gasteiger partial charge in [-0.05, 0) is 25.5 Å². The summed E-state index contributed by atoms with van der Waals surface area (Å²) in [5, 5.41) is 24.4. The van der Waals surface area contributed by atoms with Crippen molar-refractivity contribution in [2.75, 3.05) is 10.6 Å². The third-order valence-electron chi connectivity index (χ3n) is 3.19. The van der Waals surface area contributed by atoms with Crippen molar-refractivity contribution in [1.82, 2.24) is 15.2 Å². The van der Waals surface area contributed by atoms with Gasteiger partial charge in [0.1, 0.15) is 16.1 Å². The van der Waals surface area contributed by atoms with Crippen LogP contribution in [0.25, 0.3) is 0 Å². The van der Waals surface area contributed by atoms with Crippen molar-refractivity contribution >= 4 is 44.5 Å². The molecule has 118 valence electrons. The van der Waals surface area contributed by atoms with Crippen LogP contribution in [0, 0.1) is 13.8 Å². The molecule has 3 N–H and O–H groups in total. The molecule has 0 aliphatic rings. The number of rotatable bonds is 4. The molecule has 1 amide bonds. The fourth-order valence-electron chi connectivity index (χ4n) is 1.96. The Bertz CT molecular complexity index is 845. The molecule has 0 saturated heterocycles. The molecule has 0 aliphatic heterocycles. The summed E-state index contributed by atoms with van der Waals surface area (Å²) < 4.78 is 0. The van der Waals surface area contributed by atoms with Gasteiger partial charge >= 0.3 is 0 Å². The SMILES string of the molecule is Cc1ccc(O)c(C)c1NC(=O)c1cnc(Nc2nncs2)s1. The number of phenolic OH excluding ortho intramolecular Hbond substituents is 1. The van der Waals surface area contributed by atoms with Crippen molar-refractivity contribution in [3.63, 3.8) is 0 Å². The summed E-state index contributed by atoms with van der Waals surface area (Å²) in [4.78, 5) is 17.0. The van der Waals surface area contributed by atoms with Crippen molar-refractivity contribution in [3.05, 3.63) is 39.8 Å². The summed E-state index contributed by atoms with van der Waals surface area (Å²) in [6.45, 7) is 3.63.